The molecule has 0 aliphatic carbocycles. The molecule has 2 heterocycles. The quantitative estimate of drug-likeness (QED) is 0.722. The summed E-state index contributed by atoms with van der Waals surface area (Å²) in [6, 6.07) is 5.87. The van der Waals surface area contributed by atoms with Crippen molar-refractivity contribution >= 4 is 16.7 Å². The normalized spacial score (nSPS) is 11.3. The molecule has 0 fully saturated rings. The van der Waals surface area contributed by atoms with Gasteiger partial charge in [-0.25, -0.2) is 4.98 Å². The Balaban J connectivity index is 2.50. The Labute approximate surface area is 111 Å². The van der Waals surface area contributed by atoms with E-state index in [2.05, 4.69) is 26.5 Å². The lowest BCUT2D eigenvalue weighted by molar-refractivity contribution is 0.418. The largest absolute Gasteiger partial charge is 0.494 e. The van der Waals surface area contributed by atoms with Crippen LogP contribution in [0.5, 0.6) is 5.75 Å². The Kier molecular flexibility index (Phi) is 2.81. The summed E-state index contributed by atoms with van der Waals surface area (Å²) in [5.74, 6) is 1.75. The second-order valence-corrected chi connectivity index (χ2v) is 4.55. The molecule has 0 unspecified atom stereocenters. The molecule has 0 bridgehead atoms. The van der Waals surface area contributed by atoms with Crippen LogP contribution >= 0.6 is 0 Å². The van der Waals surface area contributed by atoms with Crippen LogP contribution in [-0.2, 0) is 6.42 Å². The molecule has 0 radical (unpaired) electrons. The lowest BCUT2D eigenvalue weighted by atomic mass is 10.2. The van der Waals surface area contributed by atoms with E-state index < -0.39 is 0 Å². The average molecular weight is 256 g/mol. The van der Waals surface area contributed by atoms with E-state index in [1.807, 2.05) is 25.1 Å². The first kappa shape index (κ1) is 11.9. The van der Waals surface area contributed by atoms with Crippen LogP contribution in [-0.4, -0.2) is 26.7 Å². The third kappa shape index (κ3) is 1.73. The Morgan fingerprint density at radius 3 is 2.84 bits per heavy atom. The number of ether oxygens (including phenoxy) is 1. The van der Waals surface area contributed by atoms with E-state index in [0.717, 1.165) is 46.8 Å². The number of hydrogen-bond donors (Lipinski definition) is 0. The summed E-state index contributed by atoms with van der Waals surface area (Å²) in [6.45, 7) is 4.09. The van der Waals surface area contributed by atoms with Gasteiger partial charge in [-0.2, -0.15) is 0 Å². The summed E-state index contributed by atoms with van der Waals surface area (Å²) in [5, 5.41) is 8.55. The van der Waals surface area contributed by atoms with Gasteiger partial charge in [0, 0.05) is 6.42 Å². The summed E-state index contributed by atoms with van der Waals surface area (Å²) in [4.78, 5) is 4.58. The number of methoxy groups -OCH3 is 1. The molecule has 0 amide bonds. The molecule has 3 rings (SSSR count). The Bertz CT molecular complexity index is 748. The SMILES string of the molecule is CCCc1nnc2c(C)nc3cccc(OC)c3n12. The number of aromatic nitrogens is 4. The maximum absolute atomic E-state index is 5.46. The third-order valence-corrected chi connectivity index (χ3v) is 3.24. The Morgan fingerprint density at radius 1 is 1.26 bits per heavy atom. The van der Waals surface area contributed by atoms with Gasteiger partial charge >= 0.3 is 0 Å². The fourth-order valence-electron chi connectivity index (χ4n) is 2.39. The topological polar surface area (TPSA) is 52.3 Å². The maximum atomic E-state index is 5.46. The summed E-state index contributed by atoms with van der Waals surface area (Å²) in [5.41, 5.74) is 3.54. The average Bonchev–Trinajstić information content (AvgIpc) is 2.83. The highest BCUT2D eigenvalue weighted by molar-refractivity contribution is 5.84. The van der Waals surface area contributed by atoms with Gasteiger partial charge in [-0.1, -0.05) is 13.0 Å². The van der Waals surface area contributed by atoms with Crippen molar-refractivity contribution in [1.29, 1.82) is 0 Å². The monoisotopic (exact) mass is 256 g/mol. The van der Waals surface area contributed by atoms with Crippen molar-refractivity contribution in [3.8, 4) is 5.75 Å². The molecule has 0 saturated heterocycles. The smallest absolute Gasteiger partial charge is 0.182 e. The fraction of sp³-hybridized carbons (Fsp3) is 0.357. The minimum atomic E-state index is 0.798. The van der Waals surface area contributed by atoms with E-state index >= 15 is 0 Å². The van der Waals surface area contributed by atoms with Gasteiger partial charge < -0.3 is 4.74 Å². The van der Waals surface area contributed by atoms with Gasteiger partial charge in [0.25, 0.3) is 0 Å². The second-order valence-electron chi connectivity index (χ2n) is 4.55. The molecule has 0 N–H and O–H groups in total. The molecule has 3 aromatic rings. The van der Waals surface area contributed by atoms with Gasteiger partial charge in [-0.3, -0.25) is 4.40 Å². The van der Waals surface area contributed by atoms with Crippen LogP contribution in [0.15, 0.2) is 18.2 Å². The van der Waals surface area contributed by atoms with Gasteiger partial charge in [0.1, 0.15) is 17.1 Å². The predicted octanol–water partition coefficient (Wildman–Crippen LogP) is 2.55. The minimum absolute atomic E-state index is 0.798. The van der Waals surface area contributed by atoms with E-state index in [4.69, 9.17) is 4.74 Å². The zero-order chi connectivity index (χ0) is 13.4. The first-order chi connectivity index (χ1) is 9.26. The zero-order valence-electron chi connectivity index (χ0n) is 11.3. The number of benzene rings is 1. The van der Waals surface area contributed by atoms with Crippen molar-refractivity contribution in [1.82, 2.24) is 19.6 Å². The van der Waals surface area contributed by atoms with Crippen LogP contribution in [0, 0.1) is 6.92 Å². The van der Waals surface area contributed by atoms with Crippen molar-refractivity contribution in [3.05, 3.63) is 29.7 Å². The molecule has 1 aromatic carbocycles. The van der Waals surface area contributed by atoms with Crippen LogP contribution < -0.4 is 4.74 Å². The summed E-state index contributed by atoms with van der Waals surface area (Å²) < 4.78 is 7.53. The highest BCUT2D eigenvalue weighted by Crippen LogP contribution is 2.27. The number of nitrogens with zero attached hydrogens (tertiary/aromatic N) is 4. The molecule has 0 spiro atoms. The Hall–Kier alpha value is -2.17. The standard InChI is InChI=1S/C14H16N4O/c1-4-6-12-16-17-14-9(2)15-10-7-5-8-11(19-3)13(10)18(12)14/h5,7-8H,4,6H2,1-3H3. The van der Waals surface area contributed by atoms with E-state index in [1.165, 1.54) is 0 Å². The molecular weight excluding hydrogens is 240 g/mol. The van der Waals surface area contributed by atoms with E-state index in [9.17, 15) is 0 Å². The molecule has 5 heteroatoms. The van der Waals surface area contributed by atoms with Crippen molar-refractivity contribution in [3.63, 3.8) is 0 Å². The van der Waals surface area contributed by atoms with Crippen molar-refractivity contribution in [2.45, 2.75) is 26.7 Å². The minimum Gasteiger partial charge on any atom is -0.494 e. The van der Waals surface area contributed by atoms with Crippen molar-refractivity contribution in [2.75, 3.05) is 7.11 Å². The molecule has 0 aliphatic rings. The summed E-state index contributed by atoms with van der Waals surface area (Å²) >= 11 is 0. The first-order valence-electron chi connectivity index (χ1n) is 6.43. The van der Waals surface area contributed by atoms with Crippen LogP contribution in [0.4, 0.5) is 0 Å². The van der Waals surface area contributed by atoms with Crippen LogP contribution in [0.25, 0.3) is 16.7 Å². The predicted molar refractivity (Wildman–Crippen MR) is 73.6 cm³/mol. The molecule has 19 heavy (non-hydrogen) atoms. The summed E-state index contributed by atoms with van der Waals surface area (Å²) in [7, 11) is 1.67. The highest BCUT2D eigenvalue weighted by Gasteiger charge is 2.15. The lowest BCUT2D eigenvalue weighted by Gasteiger charge is -2.09. The number of aryl methyl sites for hydroxylation is 2. The molecule has 2 aromatic heterocycles. The second kappa shape index (κ2) is 4.50. The number of rotatable bonds is 3. The van der Waals surface area contributed by atoms with Gasteiger partial charge in [0.2, 0.25) is 0 Å². The maximum Gasteiger partial charge on any atom is 0.182 e. The van der Waals surface area contributed by atoms with Gasteiger partial charge in [-0.05, 0) is 25.5 Å². The Morgan fingerprint density at radius 2 is 2.11 bits per heavy atom. The molecule has 5 nitrogen and oxygen atoms in total. The fourth-order valence-corrected chi connectivity index (χ4v) is 2.39. The van der Waals surface area contributed by atoms with E-state index in [-0.39, 0.29) is 0 Å². The highest BCUT2D eigenvalue weighted by atomic mass is 16.5. The molecule has 0 saturated carbocycles. The lowest BCUT2D eigenvalue weighted by Crippen LogP contribution is -2.01. The van der Waals surface area contributed by atoms with Gasteiger partial charge in [0.05, 0.1) is 18.3 Å². The van der Waals surface area contributed by atoms with Crippen LogP contribution in [0.1, 0.15) is 24.9 Å². The van der Waals surface area contributed by atoms with Crippen LogP contribution in [0.3, 0.4) is 0 Å². The van der Waals surface area contributed by atoms with Crippen LogP contribution in [0.2, 0.25) is 0 Å². The molecular formula is C14H16N4O. The van der Waals surface area contributed by atoms with Crippen molar-refractivity contribution < 1.29 is 4.74 Å². The summed E-state index contributed by atoms with van der Waals surface area (Å²) in [6.07, 6.45) is 1.91. The molecule has 0 atom stereocenters. The van der Waals surface area contributed by atoms with Crippen molar-refractivity contribution in [2.24, 2.45) is 0 Å². The number of para-hydroxylation sites is 1. The zero-order valence-corrected chi connectivity index (χ0v) is 11.3. The molecule has 98 valence electrons. The third-order valence-electron chi connectivity index (χ3n) is 3.24. The van der Waals surface area contributed by atoms with E-state index in [0.29, 0.717) is 0 Å². The number of hydrogen-bond acceptors (Lipinski definition) is 4. The van der Waals surface area contributed by atoms with E-state index in [1.54, 1.807) is 7.11 Å². The van der Waals surface area contributed by atoms with Gasteiger partial charge in [0.15, 0.2) is 5.65 Å². The first-order valence-corrected chi connectivity index (χ1v) is 6.43. The molecule has 0 aliphatic heterocycles. The number of fused-ring (bicyclic) bond motifs is 3. The van der Waals surface area contributed by atoms with Gasteiger partial charge in [-0.15, -0.1) is 10.2 Å².